The van der Waals surface area contributed by atoms with Gasteiger partial charge in [0, 0.05) is 58.6 Å². The van der Waals surface area contributed by atoms with Crippen LogP contribution in [0.3, 0.4) is 0 Å². The average Bonchev–Trinajstić information content (AvgIpc) is 3.25. The molecule has 3 aromatic carbocycles. The van der Waals surface area contributed by atoms with E-state index in [-0.39, 0.29) is 16.5 Å². The number of rotatable bonds is 8. The Kier molecular flexibility index (Phi) is 28.2. The van der Waals surface area contributed by atoms with Crippen molar-refractivity contribution in [1.29, 1.82) is 0 Å². The number of hydrogen-bond acceptors (Lipinski definition) is 6. The van der Waals surface area contributed by atoms with Gasteiger partial charge in [0.1, 0.15) is 6.79 Å². The molecular formula is C47H54Cl3N5O3. The zero-order chi connectivity index (χ0) is 43.9. The van der Waals surface area contributed by atoms with Crippen LogP contribution in [0.1, 0.15) is 68.7 Å². The van der Waals surface area contributed by atoms with Gasteiger partial charge in [-0.15, -0.1) is 0 Å². The highest BCUT2D eigenvalue weighted by atomic mass is 35.5. The number of carbonyl (C=O) groups is 3. The molecule has 11 heteroatoms. The Bertz CT molecular complexity index is 2110. The van der Waals surface area contributed by atoms with E-state index in [9.17, 15) is 9.59 Å². The van der Waals surface area contributed by atoms with Crippen LogP contribution in [-0.4, -0.2) is 35.6 Å². The number of allylic oxidation sites excluding steroid dienone is 7. The maximum atomic E-state index is 13.0. The lowest BCUT2D eigenvalue weighted by molar-refractivity contribution is -0.0980. The van der Waals surface area contributed by atoms with Crippen LogP contribution < -0.4 is 16.0 Å². The number of carbonyl (C=O) groups excluding carboxylic acids is 3. The van der Waals surface area contributed by atoms with Gasteiger partial charge in [-0.25, -0.2) is 0 Å². The number of pyridine rings is 2. The molecule has 0 aliphatic heterocycles. The Morgan fingerprint density at radius 2 is 1.40 bits per heavy atom. The van der Waals surface area contributed by atoms with Crippen molar-refractivity contribution in [3.63, 3.8) is 0 Å². The summed E-state index contributed by atoms with van der Waals surface area (Å²) < 4.78 is 0. The van der Waals surface area contributed by atoms with Gasteiger partial charge < -0.3 is 20.7 Å². The summed E-state index contributed by atoms with van der Waals surface area (Å²) >= 11 is 18.2. The molecule has 0 unspecified atom stereocenters. The Hall–Kier alpha value is -5.80. The standard InChI is InChI=1S/C28H18Cl2N4O2.C8H12.C4H7Cl.C3H7N.C3H8.CH2O/c29-24-8-6-20(16-23(24)26-21-4-2-1-3-17(21)9-14-32-26)34-28(36)22-7-5-18(15-25(22)30)27(35)33-19-10-12-31-13-11-19;1-4-6-7-8(3)5-2;1-3-4(2)5;1-3-4-2;1-3-2;1-2/h1-16H,(H,34,36)(H,31,33,35);4-7H,2H2,1,3H3;3H,1-2H3;3-4H,1H2,2H3;3H2,1-2H3;1H2/b;6-4-,8-7-;4-3+;;;. The molecular weight excluding hydrogens is 789 g/mol. The molecule has 0 aliphatic rings. The smallest absolute Gasteiger partial charge is 0.257 e. The Labute approximate surface area is 359 Å². The third-order valence-corrected chi connectivity index (χ3v) is 7.90. The number of halogens is 3. The minimum Gasteiger partial charge on any atom is -0.394 e. The Balaban J connectivity index is 0.00000122. The quantitative estimate of drug-likeness (QED) is 0.134. The van der Waals surface area contributed by atoms with Gasteiger partial charge in [-0.05, 0) is 93.9 Å². The molecule has 2 heterocycles. The van der Waals surface area contributed by atoms with Gasteiger partial charge in [0.2, 0.25) is 0 Å². The zero-order valence-electron chi connectivity index (χ0n) is 34.3. The monoisotopic (exact) mass is 841 g/mol. The van der Waals surface area contributed by atoms with Crippen LogP contribution in [0.2, 0.25) is 10.0 Å². The fourth-order valence-corrected chi connectivity index (χ4v) is 4.59. The van der Waals surface area contributed by atoms with E-state index in [1.807, 2.05) is 102 Å². The molecule has 5 aromatic rings. The van der Waals surface area contributed by atoms with Crippen LogP contribution in [-0.2, 0) is 4.79 Å². The summed E-state index contributed by atoms with van der Waals surface area (Å²) in [6, 6.07) is 22.9. The summed E-state index contributed by atoms with van der Waals surface area (Å²) in [6.45, 7) is 21.0. The van der Waals surface area contributed by atoms with Crippen LogP contribution in [0.15, 0.2) is 158 Å². The lowest BCUT2D eigenvalue weighted by Gasteiger charge is -2.12. The third-order valence-electron chi connectivity index (χ3n) is 7.04. The number of fused-ring (bicyclic) bond motifs is 1. The summed E-state index contributed by atoms with van der Waals surface area (Å²) in [6.07, 6.45) is 17.5. The van der Waals surface area contributed by atoms with E-state index in [1.54, 1.807) is 61.2 Å². The van der Waals surface area contributed by atoms with E-state index in [0.717, 1.165) is 21.5 Å². The Morgan fingerprint density at radius 1 is 0.793 bits per heavy atom. The predicted octanol–water partition coefficient (Wildman–Crippen LogP) is 13.5. The molecule has 0 saturated carbocycles. The van der Waals surface area contributed by atoms with E-state index in [2.05, 4.69) is 52.9 Å². The van der Waals surface area contributed by atoms with Crippen molar-refractivity contribution in [1.82, 2.24) is 15.3 Å². The van der Waals surface area contributed by atoms with Crippen molar-refractivity contribution in [3.05, 3.63) is 179 Å². The molecule has 0 aliphatic carbocycles. The number of nitrogens with zero attached hydrogens (tertiary/aromatic N) is 2. The van der Waals surface area contributed by atoms with E-state index in [0.29, 0.717) is 27.5 Å². The number of benzene rings is 3. The van der Waals surface area contributed by atoms with Gasteiger partial charge in [0.05, 0.1) is 21.3 Å². The highest BCUT2D eigenvalue weighted by molar-refractivity contribution is 6.35. The first-order valence-corrected chi connectivity index (χ1v) is 19.3. The number of hydrogen-bond donors (Lipinski definition) is 3. The highest BCUT2D eigenvalue weighted by Gasteiger charge is 2.16. The van der Waals surface area contributed by atoms with Crippen molar-refractivity contribution in [2.75, 3.05) is 17.7 Å². The summed E-state index contributed by atoms with van der Waals surface area (Å²) in [4.78, 5) is 42.0. The number of anilines is 2. The molecule has 8 nitrogen and oxygen atoms in total. The number of aromatic nitrogens is 2. The second kappa shape index (κ2) is 31.3. The SMILES string of the molecule is C/C=C(\C)Cl.C=C/C(C)=C\C=C/C.C=CNC.C=O.CCC.O=C(Nc1ccncc1)c1ccc(C(=O)Nc2ccc(Cl)c(-c3nccc4ccccc34)c2)c(Cl)c1. The molecule has 0 bridgehead atoms. The molecule has 0 atom stereocenters. The summed E-state index contributed by atoms with van der Waals surface area (Å²) in [7, 11) is 1.81. The molecule has 0 saturated heterocycles. The van der Waals surface area contributed by atoms with Crippen molar-refractivity contribution in [2.24, 2.45) is 0 Å². The normalized spacial score (nSPS) is 10.2. The van der Waals surface area contributed by atoms with E-state index < -0.39 is 5.91 Å². The molecule has 0 fully saturated rings. The fraction of sp³-hybridized carbons (Fsp3) is 0.170. The van der Waals surface area contributed by atoms with Crippen LogP contribution in [0, 0.1) is 0 Å². The predicted molar refractivity (Wildman–Crippen MR) is 250 cm³/mol. The van der Waals surface area contributed by atoms with E-state index in [4.69, 9.17) is 39.6 Å². The molecule has 3 N–H and O–H groups in total. The first-order valence-electron chi connectivity index (χ1n) is 18.1. The first kappa shape index (κ1) is 52.2. The number of nitrogens with one attached hydrogen (secondary N) is 3. The first-order chi connectivity index (χ1) is 27.9. The molecule has 0 radical (unpaired) electrons. The highest BCUT2D eigenvalue weighted by Crippen LogP contribution is 2.34. The average molecular weight is 843 g/mol. The van der Waals surface area contributed by atoms with Crippen LogP contribution in [0.5, 0.6) is 0 Å². The maximum absolute atomic E-state index is 13.0. The molecule has 58 heavy (non-hydrogen) atoms. The van der Waals surface area contributed by atoms with Gasteiger partial charge in [0.15, 0.2) is 0 Å². The van der Waals surface area contributed by atoms with E-state index >= 15 is 0 Å². The summed E-state index contributed by atoms with van der Waals surface area (Å²) in [5.74, 6) is -0.764. The molecule has 2 aromatic heterocycles. The van der Waals surface area contributed by atoms with E-state index in [1.165, 1.54) is 24.1 Å². The molecule has 2 amide bonds. The van der Waals surface area contributed by atoms with Gasteiger partial charge in [0.25, 0.3) is 11.8 Å². The van der Waals surface area contributed by atoms with Gasteiger partial charge >= 0.3 is 0 Å². The third kappa shape index (κ3) is 19.9. The van der Waals surface area contributed by atoms with Crippen LogP contribution in [0.25, 0.3) is 22.0 Å². The lowest BCUT2D eigenvalue weighted by atomic mass is 10.0. The Morgan fingerprint density at radius 3 is 1.95 bits per heavy atom. The minimum atomic E-state index is -0.416. The van der Waals surface area contributed by atoms with Crippen LogP contribution >= 0.6 is 34.8 Å². The largest absolute Gasteiger partial charge is 0.394 e. The zero-order valence-corrected chi connectivity index (χ0v) is 36.6. The fourth-order valence-electron chi connectivity index (χ4n) is 4.11. The van der Waals surface area contributed by atoms with Gasteiger partial charge in [-0.1, -0.05) is 128 Å². The lowest BCUT2D eigenvalue weighted by Crippen LogP contribution is -2.15. The maximum Gasteiger partial charge on any atom is 0.257 e. The minimum absolute atomic E-state index is 0.153. The summed E-state index contributed by atoms with van der Waals surface area (Å²) in [5, 5.41) is 11.8. The van der Waals surface area contributed by atoms with Crippen molar-refractivity contribution >= 4 is 75.6 Å². The van der Waals surface area contributed by atoms with Crippen LogP contribution in [0.4, 0.5) is 11.4 Å². The second-order valence-electron chi connectivity index (χ2n) is 11.6. The topological polar surface area (TPSA) is 113 Å². The second-order valence-corrected chi connectivity index (χ2v) is 13.0. The van der Waals surface area contributed by atoms with Gasteiger partial charge in [-0.2, -0.15) is 0 Å². The van der Waals surface area contributed by atoms with Crippen molar-refractivity contribution in [2.45, 2.75) is 48.0 Å². The molecule has 0 spiro atoms. The molecule has 306 valence electrons. The number of amides is 2. The van der Waals surface area contributed by atoms with Gasteiger partial charge in [-0.3, -0.25) is 19.6 Å². The van der Waals surface area contributed by atoms with Crippen molar-refractivity contribution in [3.8, 4) is 11.3 Å². The molecule has 5 rings (SSSR count). The summed E-state index contributed by atoms with van der Waals surface area (Å²) in [5.41, 5.74) is 4.30. The van der Waals surface area contributed by atoms with Crippen molar-refractivity contribution < 1.29 is 14.4 Å².